The van der Waals surface area contributed by atoms with E-state index in [1.807, 2.05) is 6.07 Å². The molecule has 0 amide bonds. The van der Waals surface area contributed by atoms with Gasteiger partial charge < -0.3 is 19.0 Å². The summed E-state index contributed by atoms with van der Waals surface area (Å²) in [6, 6.07) is 41.9. The first-order chi connectivity index (χ1) is 27.9. The second kappa shape index (κ2) is 13.1. The number of likely N-dealkylation sites (N-methyl/N-ethyl adjacent to an activating group) is 1. The van der Waals surface area contributed by atoms with Crippen molar-refractivity contribution in [2.45, 2.75) is 51.5 Å². The number of rotatable bonds is 3. The average Bonchev–Trinajstić information content (AvgIpc) is 3.81. The molecular formula is C52H45N3O2. The number of para-hydroxylation sites is 3. The molecule has 4 heterocycles. The first-order valence-corrected chi connectivity index (χ1v) is 20.3. The van der Waals surface area contributed by atoms with Gasteiger partial charge >= 0.3 is 0 Å². The van der Waals surface area contributed by atoms with Crippen molar-refractivity contribution in [2.75, 3.05) is 7.05 Å². The van der Waals surface area contributed by atoms with Gasteiger partial charge in [0.2, 0.25) is 0 Å². The molecule has 8 aromatic rings. The zero-order valence-electron chi connectivity index (χ0n) is 32.6. The van der Waals surface area contributed by atoms with Crippen LogP contribution in [0, 0.1) is 5.92 Å². The molecule has 0 bridgehead atoms. The lowest BCUT2D eigenvalue weighted by molar-refractivity contribution is 0.0801. The smallest absolute Gasteiger partial charge is 0.162 e. The van der Waals surface area contributed by atoms with Gasteiger partial charge in [-0.15, -0.1) is 0 Å². The van der Waals surface area contributed by atoms with Gasteiger partial charge in [0.1, 0.15) is 23.0 Å². The molecule has 280 valence electrons. The summed E-state index contributed by atoms with van der Waals surface area (Å²) in [7, 11) is 2.29. The van der Waals surface area contributed by atoms with Crippen LogP contribution in [0.5, 0.6) is 5.75 Å². The lowest BCUT2D eigenvalue weighted by Crippen LogP contribution is -2.53. The molecule has 3 aliphatic rings. The summed E-state index contributed by atoms with van der Waals surface area (Å²) in [5.74, 6) is 1.35. The van der Waals surface area contributed by atoms with Crippen molar-refractivity contribution in [3.63, 3.8) is 0 Å². The number of furan rings is 1. The van der Waals surface area contributed by atoms with Crippen LogP contribution in [0.15, 0.2) is 162 Å². The van der Waals surface area contributed by atoms with Crippen LogP contribution < -0.4 is 10.1 Å². The first-order valence-electron chi connectivity index (χ1n) is 20.3. The van der Waals surface area contributed by atoms with E-state index < -0.39 is 0 Å². The van der Waals surface area contributed by atoms with Crippen molar-refractivity contribution in [1.29, 1.82) is 0 Å². The monoisotopic (exact) mass is 743 g/mol. The Morgan fingerprint density at radius 2 is 1.56 bits per heavy atom. The van der Waals surface area contributed by atoms with E-state index in [-0.39, 0.29) is 18.4 Å². The molecule has 0 radical (unpaired) electrons. The molecule has 1 fully saturated rings. The molecule has 2 aromatic heterocycles. The van der Waals surface area contributed by atoms with Crippen LogP contribution in [0.1, 0.15) is 44.1 Å². The van der Waals surface area contributed by atoms with Gasteiger partial charge in [-0.3, -0.25) is 4.90 Å². The molecule has 3 unspecified atom stereocenters. The molecule has 1 N–H and O–H groups in total. The third kappa shape index (κ3) is 5.25. The Morgan fingerprint density at radius 1 is 0.772 bits per heavy atom. The van der Waals surface area contributed by atoms with Crippen LogP contribution in [-0.4, -0.2) is 28.7 Å². The van der Waals surface area contributed by atoms with Crippen LogP contribution >= 0.6 is 0 Å². The Labute approximate surface area is 332 Å². The van der Waals surface area contributed by atoms with Crippen LogP contribution in [0.25, 0.3) is 71.3 Å². The maximum Gasteiger partial charge on any atom is 0.162 e. The van der Waals surface area contributed by atoms with E-state index in [9.17, 15) is 0 Å². The lowest BCUT2D eigenvalue weighted by atomic mass is 9.75. The highest BCUT2D eigenvalue weighted by Crippen LogP contribution is 2.50. The van der Waals surface area contributed by atoms with Gasteiger partial charge in [0.15, 0.2) is 6.29 Å². The minimum Gasteiger partial charge on any atom is -0.484 e. The van der Waals surface area contributed by atoms with Gasteiger partial charge in [-0.05, 0) is 103 Å². The normalized spacial score (nSPS) is 22.5. The maximum absolute atomic E-state index is 7.11. The zero-order chi connectivity index (χ0) is 38.4. The number of hydrogen-bond donors (Lipinski definition) is 1. The van der Waals surface area contributed by atoms with Gasteiger partial charge in [-0.2, -0.15) is 0 Å². The zero-order valence-corrected chi connectivity index (χ0v) is 32.6. The minimum atomic E-state index is -0.241. The number of fused-ring (bicyclic) bond motifs is 10. The van der Waals surface area contributed by atoms with Crippen molar-refractivity contribution >= 4 is 60.2 Å². The van der Waals surface area contributed by atoms with E-state index in [0.29, 0.717) is 5.92 Å². The summed E-state index contributed by atoms with van der Waals surface area (Å²) >= 11 is 0. The van der Waals surface area contributed by atoms with Crippen molar-refractivity contribution in [3.8, 4) is 16.9 Å². The molecule has 0 saturated heterocycles. The Balaban J connectivity index is 1.23. The number of allylic oxidation sites excluding steroid dienone is 3. The molecule has 2 aliphatic heterocycles. The van der Waals surface area contributed by atoms with E-state index in [1.165, 1.54) is 38.6 Å². The SMILES string of the molecule is C=C1CCC(C)[C@H]2C1=C(c1ccc3ccccc3c1)NC(n1c3ccccc3c3c(-c4cccc5c4oc4ccccc45)cc4c(c31)OC(C)/C=C\C=C/C4)N2C. The molecule has 11 rings (SSSR count). The molecular weight excluding hydrogens is 699 g/mol. The topological polar surface area (TPSA) is 42.6 Å². The van der Waals surface area contributed by atoms with Crippen molar-refractivity contribution in [3.05, 3.63) is 168 Å². The molecule has 0 spiro atoms. The van der Waals surface area contributed by atoms with Gasteiger partial charge in [0.05, 0.1) is 11.0 Å². The number of nitrogens with one attached hydrogen (secondary N) is 1. The first kappa shape index (κ1) is 34.0. The average molecular weight is 744 g/mol. The van der Waals surface area contributed by atoms with E-state index >= 15 is 0 Å². The summed E-state index contributed by atoms with van der Waals surface area (Å²) in [5.41, 5.74) is 12.3. The predicted octanol–water partition coefficient (Wildman–Crippen LogP) is 12.7. The van der Waals surface area contributed by atoms with E-state index in [4.69, 9.17) is 15.7 Å². The highest BCUT2D eigenvalue weighted by molar-refractivity contribution is 6.20. The van der Waals surface area contributed by atoms with Crippen LogP contribution in [0.4, 0.5) is 0 Å². The van der Waals surface area contributed by atoms with E-state index in [0.717, 1.165) is 80.1 Å². The molecule has 1 saturated carbocycles. The second-order valence-corrected chi connectivity index (χ2v) is 16.2. The Kier molecular flexibility index (Phi) is 7.84. The molecule has 1 aliphatic carbocycles. The van der Waals surface area contributed by atoms with Crippen molar-refractivity contribution in [1.82, 2.24) is 14.8 Å². The van der Waals surface area contributed by atoms with E-state index in [1.54, 1.807) is 0 Å². The lowest BCUT2D eigenvalue weighted by Gasteiger charge is -2.49. The van der Waals surface area contributed by atoms with Crippen LogP contribution in [0.3, 0.4) is 0 Å². The van der Waals surface area contributed by atoms with Gasteiger partial charge in [0, 0.05) is 44.4 Å². The number of aromatic nitrogens is 1. The summed E-state index contributed by atoms with van der Waals surface area (Å²) < 4.78 is 16.4. The summed E-state index contributed by atoms with van der Waals surface area (Å²) in [6.45, 7) is 9.24. The highest BCUT2D eigenvalue weighted by Gasteiger charge is 2.42. The Morgan fingerprint density at radius 3 is 2.46 bits per heavy atom. The quantitative estimate of drug-likeness (QED) is 0.196. The largest absolute Gasteiger partial charge is 0.484 e. The molecule has 57 heavy (non-hydrogen) atoms. The third-order valence-electron chi connectivity index (χ3n) is 12.7. The summed E-state index contributed by atoms with van der Waals surface area (Å²) in [4.78, 5) is 2.55. The van der Waals surface area contributed by atoms with Crippen molar-refractivity contribution in [2.24, 2.45) is 5.92 Å². The van der Waals surface area contributed by atoms with Crippen molar-refractivity contribution < 1.29 is 9.15 Å². The van der Waals surface area contributed by atoms with Gasteiger partial charge in [-0.25, -0.2) is 0 Å². The number of benzene rings is 6. The summed E-state index contributed by atoms with van der Waals surface area (Å²) in [5, 5.41) is 11.2. The van der Waals surface area contributed by atoms with Gasteiger partial charge in [-0.1, -0.05) is 123 Å². The second-order valence-electron chi connectivity index (χ2n) is 16.2. The Bertz CT molecular complexity index is 3050. The fraction of sp³-hybridized carbons (Fsp3) is 0.192. The minimum absolute atomic E-state index is 0.135. The van der Waals surface area contributed by atoms with Crippen LogP contribution in [-0.2, 0) is 6.42 Å². The number of hydrogen-bond acceptors (Lipinski definition) is 4. The number of nitrogens with zero attached hydrogens (tertiary/aromatic N) is 2. The van der Waals surface area contributed by atoms with Crippen LogP contribution in [0.2, 0.25) is 0 Å². The molecule has 6 aromatic carbocycles. The fourth-order valence-corrected chi connectivity index (χ4v) is 10.1. The highest BCUT2D eigenvalue weighted by atomic mass is 16.5. The fourth-order valence-electron chi connectivity index (χ4n) is 10.1. The summed E-state index contributed by atoms with van der Waals surface area (Å²) in [6.07, 6.45) is 11.1. The molecule has 5 nitrogen and oxygen atoms in total. The molecule has 4 atom stereocenters. The maximum atomic E-state index is 7.11. The van der Waals surface area contributed by atoms with Gasteiger partial charge in [0.25, 0.3) is 0 Å². The third-order valence-corrected chi connectivity index (χ3v) is 12.7. The standard InChI is InChI=1S/C52H45N3O2/c1-31-25-26-32(2)48-45(31)47(36-28-27-34-16-8-9-17-35(34)29-36)53-52(54(48)4)55-43-23-12-10-20-41(43)46-42(30-37-18-7-5-6-15-33(3)56-50(37)49(46)55)40-22-14-21-39-38-19-11-13-24-44(38)57-51(39)40/h5-17,19-24,27-30,32-33,48,52-53H,1,18,25-26H2,2-4H3/b7-5-,15-6-/t32?,33?,48-,52?/m0/s1. The Hall–Kier alpha value is -6.30. The predicted molar refractivity (Wildman–Crippen MR) is 236 cm³/mol. The molecule has 5 heteroatoms. The number of ether oxygens (including phenoxy) is 1. The van der Waals surface area contributed by atoms with E-state index in [2.05, 4.69) is 169 Å².